The minimum absolute atomic E-state index is 0.00448. The lowest BCUT2D eigenvalue weighted by Gasteiger charge is -2.26. The Morgan fingerprint density at radius 3 is 2.79 bits per heavy atom. The molecule has 1 aliphatic carbocycles. The Hall–Kier alpha value is -2.64. The number of phenols is 1. The fourth-order valence-corrected chi connectivity index (χ4v) is 3.17. The predicted octanol–water partition coefficient (Wildman–Crippen LogP) is 2.33. The molecule has 0 radical (unpaired) electrons. The quantitative estimate of drug-likeness (QED) is 0.651. The lowest BCUT2D eigenvalue weighted by Crippen LogP contribution is -2.37. The first-order valence-corrected chi connectivity index (χ1v) is 9.42. The molecule has 7 nitrogen and oxygen atoms in total. The summed E-state index contributed by atoms with van der Waals surface area (Å²) in [5.41, 5.74) is 6.09. The number of nitrogens with zero attached hydrogens (tertiary/aromatic N) is 2. The van der Waals surface area contributed by atoms with Gasteiger partial charge in [-0.3, -0.25) is 4.79 Å². The summed E-state index contributed by atoms with van der Waals surface area (Å²) in [4.78, 5) is 11.8. The van der Waals surface area contributed by atoms with Gasteiger partial charge in [0.2, 0.25) is 0 Å². The van der Waals surface area contributed by atoms with E-state index < -0.39 is 0 Å². The summed E-state index contributed by atoms with van der Waals surface area (Å²) in [6.07, 6.45) is 8.48. The molecule has 1 unspecified atom stereocenters. The number of aliphatic hydroxyl groups is 1. The average molecular weight is 385 g/mol. The van der Waals surface area contributed by atoms with Crippen molar-refractivity contribution < 1.29 is 19.7 Å². The van der Waals surface area contributed by atoms with Crippen LogP contribution < -0.4 is 10.5 Å². The highest BCUT2D eigenvalue weighted by atomic mass is 16.5. The Kier molecular flexibility index (Phi) is 5.86. The molecule has 0 saturated carbocycles. The summed E-state index contributed by atoms with van der Waals surface area (Å²) in [5, 5.41) is 25.9. The van der Waals surface area contributed by atoms with Gasteiger partial charge in [-0.25, -0.2) is 0 Å². The van der Waals surface area contributed by atoms with Gasteiger partial charge in [0.1, 0.15) is 18.0 Å². The minimum Gasteiger partial charge on any atom is -0.505 e. The second-order valence-electron chi connectivity index (χ2n) is 7.89. The van der Waals surface area contributed by atoms with E-state index >= 15 is 0 Å². The normalized spacial score (nSPS) is 18.2. The van der Waals surface area contributed by atoms with Crippen LogP contribution in [0.1, 0.15) is 38.3 Å². The molecule has 1 aromatic carbocycles. The van der Waals surface area contributed by atoms with Crippen molar-refractivity contribution in [2.75, 3.05) is 18.3 Å². The highest BCUT2D eigenvalue weighted by Gasteiger charge is 2.29. The molecule has 0 amide bonds. The molecule has 1 heterocycles. The number of benzene rings is 1. The first kappa shape index (κ1) is 20.1. The first-order valence-electron chi connectivity index (χ1n) is 9.42. The molecule has 0 aromatic heterocycles. The molecule has 3 rings (SSSR count). The van der Waals surface area contributed by atoms with Crippen molar-refractivity contribution in [3.05, 3.63) is 47.6 Å². The monoisotopic (exact) mass is 385 g/mol. The van der Waals surface area contributed by atoms with Crippen LogP contribution >= 0.6 is 0 Å². The van der Waals surface area contributed by atoms with E-state index in [0.29, 0.717) is 12.1 Å². The lowest BCUT2D eigenvalue weighted by atomic mass is 9.84. The van der Waals surface area contributed by atoms with Crippen LogP contribution in [0.2, 0.25) is 0 Å². The van der Waals surface area contributed by atoms with Gasteiger partial charge in [0.15, 0.2) is 0 Å². The van der Waals surface area contributed by atoms with E-state index in [4.69, 9.17) is 9.84 Å². The number of fused-ring (bicyclic) bond motifs is 1. The number of hydrazone groups is 1. The van der Waals surface area contributed by atoms with Crippen molar-refractivity contribution in [1.82, 2.24) is 5.43 Å². The van der Waals surface area contributed by atoms with E-state index in [-0.39, 0.29) is 42.8 Å². The zero-order valence-corrected chi connectivity index (χ0v) is 16.5. The Morgan fingerprint density at radius 2 is 2.11 bits per heavy atom. The highest BCUT2D eigenvalue weighted by molar-refractivity contribution is 6.04. The van der Waals surface area contributed by atoms with Crippen LogP contribution in [-0.4, -0.2) is 41.1 Å². The van der Waals surface area contributed by atoms with Gasteiger partial charge in [-0.1, -0.05) is 45.1 Å². The number of ether oxygens (including phenoxy) is 1. The number of esters is 1. The predicted molar refractivity (Wildman–Crippen MR) is 108 cm³/mol. The molecule has 2 aliphatic rings. The smallest absolute Gasteiger partial charge is 0.306 e. The largest absolute Gasteiger partial charge is 0.505 e. The number of aryl methyl sites for hydroxylation is 1. The van der Waals surface area contributed by atoms with Crippen LogP contribution in [-0.2, 0) is 21.4 Å². The van der Waals surface area contributed by atoms with E-state index in [2.05, 4.69) is 10.5 Å². The van der Waals surface area contributed by atoms with Crippen LogP contribution in [0.4, 0.5) is 5.69 Å². The van der Waals surface area contributed by atoms with Gasteiger partial charge < -0.3 is 14.9 Å². The van der Waals surface area contributed by atoms with Gasteiger partial charge in [-0.05, 0) is 29.5 Å². The number of hydrogen-bond acceptors (Lipinski definition) is 7. The third kappa shape index (κ3) is 4.43. The second kappa shape index (κ2) is 8.16. The van der Waals surface area contributed by atoms with Crippen molar-refractivity contribution in [2.45, 2.75) is 45.1 Å². The SMILES string of the molecule is CC(C)(C)c1cc(CCC(=O)OCCO)cc(N2N=C3C=CC=CC3N2)c1O. The highest BCUT2D eigenvalue weighted by Crippen LogP contribution is 2.40. The van der Waals surface area contributed by atoms with Gasteiger partial charge in [0, 0.05) is 12.0 Å². The number of carbonyl (C=O) groups excluding carboxylic acids is 1. The van der Waals surface area contributed by atoms with Crippen LogP contribution in [0, 0.1) is 0 Å². The summed E-state index contributed by atoms with van der Waals surface area (Å²) >= 11 is 0. The Morgan fingerprint density at radius 1 is 1.32 bits per heavy atom. The number of nitrogens with one attached hydrogen (secondary N) is 1. The molecular formula is C21H27N3O4. The minimum atomic E-state index is -0.359. The van der Waals surface area contributed by atoms with Crippen LogP contribution in [0.5, 0.6) is 5.75 Å². The van der Waals surface area contributed by atoms with Crippen molar-refractivity contribution >= 4 is 17.4 Å². The number of aromatic hydroxyl groups is 1. The molecule has 7 heteroatoms. The Labute approximate surface area is 165 Å². The zero-order chi connectivity index (χ0) is 20.3. The molecule has 0 saturated heterocycles. The molecule has 1 aliphatic heterocycles. The Bertz CT molecular complexity index is 837. The number of carbonyl (C=O) groups is 1. The number of hydrazine groups is 1. The maximum absolute atomic E-state index is 11.8. The van der Waals surface area contributed by atoms with Crippen molar-refractivity contribution in [2.24, 2.45) is 5.10 Å². The number of phenolic OH excluding ortho intramolecular Hbond substituents is 1. The maximum Gasteiger partial charge on any atom is 0.306 e. The van der Waals surface area contributed by atoms with E-state index in [9.17, 15) is 9.90 Å². The topological polar surface area (TPSA) is 94.4 Å². The molecule has 0 bridgehead atoms. The molecule has 0 fully saturated rings. The van der Waals surface area contributed by atoms with Gasteiger partial charge in [0.05, 0.1) is 18.4 Å². The van der Waals surface area contributed by atoms with Gasteiger partial charge in [-0.2, -0.15) is 15.6 Å². The standard InChI is InChI=1S/C21H27N3O4/c1-21(2,3)15-12-14(8-9-19(26)28-11-10-25)13-18(20(15)27)24-22-16-6-4-5-7-17(16)23-24/h4-7,12-13,16,22,25,27H,8-11H2,1-3H3. The summed E-state index contributed by atoms with van der Waals surface area (Å²) in [7, 11) is 0. The fourth-order valence-electron chi connectivity index (χ4n) is 3.17. The maximum atomic E-state index is 11.8. The molecule has 1 aromatic rings. The third-order valence-electron chi connectivity index (χ3n) is 4.64. The lowest BCUT2D eigenvalue weighted by molar-refractivity contribution is -0.144. The summed E-state index contributed by atoms with van der Waals surface area (Å²) in [6, 6.07) is 3.74. The molecular weight excluding hydrogens is 358 g/mol. The van der Waals surface area contributed by atoms with Gasteiger partial charge in [-0.15, -0.1) is 0 Å². The van der Waals surface area contributed by atoms with Crippen LogP contribution in [0.3, 0.4) is 0 Å². The van der Waals surface area contributed by atoms with E-state index in [1.165, 1.54) is 0 Å². The van der Waals surface area contributed by atoms with Crippen LogP contribution in [0.15, 0.2) is 41.5 Å². The van der Waals surface area contributed by atoms with Crippen molar-refractivity contribution in [3.8, 4) is 5.75 Å². The van der Waals surface area contributed by atoms with E-state index in [1.807, 2.05) is 57.2 Å². The van der Waals surface area contributed by atoms with Crippen molar-refractivity contribution in [3.63, 3.8) is 0 Å². The number of aliphatic hydroxyl groups excluding tert-OH is 1. The van der Waals surface area contributed by atoms with E-state index in [1.54, 1.807) is 5.12 Å². The summed E-state index contributed by atoms with van der Waals surface area (Å²) in [5.74, 6) is -0.190. The molecule has 3 N–H and O–H groups in total. The molecule has 150 valence electrons. The first-order chi connectivity index (χ1) is 13.3. The Balaban J connectivity index is 1.89. The van der Waals surface area contributed by atoms with Crippen molar-refractivity contribution in [1.29, 1.82) is 0 Å². The number of rotatable bonds is 6. The molecule has 1 atom stereocenters. The summed E-state index contributed by atoms with van der Waals surface area (Å²) in [6.45, 7) is 5.90. The molecule has 28 heavy (non-hydrogen) atoms. The van der Waals surface area contributed by atoms with E-state index in [0.717, 1.165) is 16.8 Å². The van der Waals surface area contributed by atoms with Crippen LogP contribution in [0.25, 0.3) is 0 Å². The number of anilines is 1. The number of hydrogen-bond donors (Lipinski definition) is 3. The third-order valence-corrected chi connectivity index (χ3v) is 4.64. The second-order valence-corrected chi connectivity index (χ2v) is 7.89. The average Bonchev–Trinajstić information content (AvgIpc) is 3.08. The number of allylic oxidation sites excluding steroid dienone is 2. The summed E-state index contributed by atoms with van der Waals surface area (Å²) < 4.78 is 4.93. The fraction of sp³-hybridized carbons (Fsp3) is 0.429. The molecule has 0 spiro atoms. The zero-order valence-electron chi connectivity index (χ0n) is 16.5. The van der Waals surface area contributed by atoms with Gasteiger partial charge >= 0.3 is 5.97 Å². The van der Waals surface area contributed by atoms with Gasteiger partial charge in [0.25, 0.3) is 0 Å².